The van der Waals surface area contributed by atoms with Gasteiger partial charge in [-0.25, -0.2) is 9.97 Å². The minimum absolute atomic E-state index is 0.838. The molecule has 0 unspecified atom stereocenters. The van der Waals surface area contributed by atoms with Crippen LogP contribution in [0.15, 0.2) is 40.9 Å². The van der Waals surface area contributed by atoms with Gasteiger partial charge in [0.1, 0.15) is 17.2 Å². The molecule has 0 radical (unpaired) electrons. The molecule has 0 saturated heterocycles. The van der Waals surface area contributed by atoms with Crippen molar-refractivity contribution in [1.82, 2.24) is 14.9 Å². The molecule has 0 saturated carbocycles. The van der Waals surface area contributed by atoms with E-state index < -0.39 is 0 Å². The third kappa shape index (κ3) is 2.99. The highest BCUT2D eigenvalue weighted by atomic mass is 16.3. The molecule has 4 rings (SSSR count). The minimum atomic E-state index is 0.838. The Labute approximate surface area is 136 Å². The van der Waals surface area contributed by atoms with Gasteiger partial charge < -0.3 is 4.42 Å². The van der Waals surface area contributed by atoms with Crippen molar-refractivity contribution < 1.29 is 4.42 Å². The number of para-hydroxylation sites is 1. The predicted molar refractivity (Wildman–Crippen MR) is 90.1 cm³/mol. The van der Waals surface area contributed by atoms with E-state index in [0.717, 1.165) is 56.1 Å². The molecule has 0 bridgehead atoms. The molecule has 2 aromatic heterocycles. The summed E-state index contributed by atoms with van der Waals surface area (Å²) in [6.07, 6.45) is 5.07. The molecular weight excluding hydrogens is 286 g/mol. The Hall–Kier alpha value is -2.20. The number of aromatic nitrogens is 2. The van der Waals surface area contributed by atoms with Gasteiger partial charge >= 0.3 is 0 Å². The van der Waals surface area contributed by atoms with Crippen molar-refractivity contribution in [1.29, 1.82) is 0 Å². The summed E-state index contributed by atoms with van der Waals surface area (Å²) in [6, 6.07) is 10.3. The molecular formula is C19H21N3O. The lowest BCUT2D eigenvalue weighted by Crippen LogP contribution is -2.31. The van der Waals surface area contributed by atoms with E-state index in [0.29, 0.717) is 0 Å². The lowest BCUT2D eigenvalue weighted by Gasteiger charge is -2.27. The number of fused-ring (bicyclic) bond motifs is 2. The molecule has 0 amide bonds. The zero-order chi connectivity index (χ0) is 15.6. The van der Waals surface area contributed by atoms with Gasteiger partial charge in [0.15, 0.2) is 0 Å². The maximum atomic E-state index is 5.94. The first kappa shape index (κ1) is 14.4. The van der Waals surface area contributed by atoms with Crippen molar-refractivity contribution in [3.8, 4) is 0 Å². The van der Waals surface area contributed by atoms with Gasteiger partial charge in [0.05, 0.1) is 6.54 Å². The van der Waals surface area contributed by atoms with E-state index in [9.17, 15) is 0 Å². The quantitative estimate of drug-likeness (QED) is 0.736. The van der Waals surface area contributed by atoms with Crippen molar-refractivity contribution in [2.24, 2.45) is 0 Å². The fraction of sp³-hybridized carbons (Fsp3) is 0.368. The Morgan fingerprint density at radius 1 is 1.26 bits per heavy atom. The fourth-order valence-corrected chi connectivity index (χ4v) is 3.23. The number of nitrogens with zero attached hydrogens (tertiary/aromatic N) is 3. The molecule has 4 heteroatoms. The van der Waals surface area contributed by atoms with Crippen LogP contribution < -0.4 is 0 Å². The van der Waals surface area contributed by atoms with Crippen LogP contribution in [0.5, 0.6) is 0 Å². The fourth-order valence-electron chi connectivity index (χ4n) is 3.23. The molecule has 1 aliphatic heterocycles. The largest absolute Gasteiger partial charge is 0.460 e. The molecule has 0 atom stereocenters. The topological polar surface area (TPSA) is 42.2 Å². The zero-order valence-electron chi connectivity index (χ0n) is 13.5. The van der Waals surface area contributed by atoms with E-state index in [2.05, 4.69) is 28.9 Å². The summed E-state index contributed by atoms with van der Waals surface area (Å²) in [5, 5.41) is 1.17. The number of rotatable bonds is 4. The lowest BCUT2D eigenvalue weighted by atomic mass is 10.1. The highest BCUT2D eigenvalue weighted by molar-refractivity contribution is 5.77. The summed E-state index contributed by atoms with van der Waals surface area (Å²) < 4.78 is 5.94. The van der Waals surface area contributed by atoms with E-state index >= 15 is 0 Å². The summed E-state index contributed by atoms with van der Waals surface area (Å²) >= 11 is 0. The SMILES string of the molecule is CCCc1ncc2c(n1)CCN(Cc1cc3ccccc3o1)C2. The standard InChI is InChI=1S/C19H21N3O/c1-2-5-19-20-11-15-12-22(9-8-17(15)21-19)13-16-10-14-6-3-4-7-18(14)23-16/h3-4,6-7,10-11H,2,5,8-9,12-13H2,1H3. The normalized spacial score (nSPS) is 15.0. The van der Waals surface area contributed by atoms with Crippen molar-refractivity contribution in [3.05, 3.63) is 59.4 Å². The van der Waals surface area contributed by atoms with Gasteiger partial charge in [0.25, 0.3) is 0 Å². The molecule has 4 nitrogen and oxygen atoms in total. The Balaban J connectivity index is 1.49. The second-order valence-corrected chi connectivity index (χ2v) is 6.22. The number of aryl methyl sites for hydroxylation is 1. The van der Waals surface area contributed by atoms with Gasteiger partial charge in [-0.05, 0) is 18.6 Å². The van der Waals surface area contributed by atoms with E-state index in [-0.39, 0.29) is 0 Å². The summed E-state index contributed by atoms with van der Waals surface area (Å²) in [6.45, 7) is 4.92. The molecule has 3 aromatic rings. The molecule has 0 spiro atoms. The number of furan rings is 1. The summed E-state index contributed by atoms with van der Waals surface area (Å²) in [5.41, 5.74) is 3.45. The first-order chi connectivity index (χ1) is 11.3. The minimum Gasteiger partial charge on any atom is -0.460 e. The van der Waals surface area contributed by atoms with E-state index in [1.165, 1.54) is 16.6 Å². The monoisotopic (exact) mass is 307 g/mol. The van der Waals surface area contributed by atoms with Crippen LogP contribution in [0.4, 0.5) is 0 Å². The maximum absolute atomic E-state index is 5.94. The summed E-state index contributed by atoms with van der Waals surface area (Å²) in [4.78, 5) is 11.6. The third-order valence-electron chi connectivity index (χ3n) is 4.39. The lowest BCUT2D eigenvalue weighted by molar-refractivity contribution is 0.225. The van der Waals surface area contributed by atoms with Gasteiger partial charge in [-0.3, -0.25) is 4.90 Å². The number of hydrogen-bond acceptors (Lipinski definition) is 4. The number of hydrogen-bond donors (Lipinski definition) is 0. The highest BCUT2D eigenvalue weighted by Crippen LogP contribution is 2.23. The van der Waals surface area contributed by atoms with E-state index in [4.69, 9.17) is 9.40 Å². The van der Waals surface area contributed by atoms with Crippen molar-refractivity contribution >= 4 is 11.0 Å². The van der Waals surface area contributed by atoms with Gasteiger partial charge in [-0.15, -0.1) is 0 Å². The Kier molecular flexibility index (Phi) is 3.83. The maximum Gasteiger partial charge on any atom is 0.134 e. The van der Waals surface area contributed by atoms with Crippen LogP contribution >= 0.6 is 0 Å². The van der Waals surface area contributed by atoms with Crippen LogP contribution in [0, 0.1) is 0 Å². The first-order valence-electron chi connectivity index (χ1n) is 8.35. The van der Waals surface area contributed by atoms with Gasteiger partial charge in [0, 0.05) is 48.8 Å². The average Bonchev–Trinajstić information content (AvgIpc) is 2.97. The van der Waals surface area contributed by atoms with Crippen LogP contribution in [0.25, 0.3) is 11.0 Å². The van der Waals surface area contributed by atoms with E-state index in [1.54, 1.807) is 0 Å². The Morgan fingerprint density at radius 2 is 2.17 bits per heavy atom. The molecule has 1 aromatic carbocycles. The van der Waals surface area contributed by atoms with Crippen LogP contribution in [-0.2, 0) is 25.9 Å². The second-order valence-electron chi connectivity index (χ2n) is 6.22. The molecule has 0 aliphatic carbocycles. The van der Waals surface area contributed by atoms with Crippen LogP contribution in [0.2, 0.25) is 0 Å². The van der Waals surface area contributed by atoms with Crippen LogP contribution in [0.3, 0.4) is 0 Å². The van der Waals surface area contributed by atoms with Crippen molar-refractivity contribution in [2.75, 3.05) is 6.54 Å². The van der Waals surface area contributed by atoms with Gasteiger partial charge in [-0.1, -0.05) is 25.1 Å². The highest BCUT2D eigenvalue weighted by Gasteiger charge is 2.19. The predicted octanol–water partition coefficient (Wildman–Crippen LogP) is 3.73. The molecule has 0 fully saturated rings. The summed E-state index contributed by atoms with van der Waals surface area (Å²) in [7, 11) is 0. The molecule has 3 heterocycles. The molecule has 23 heavy (non-hydrogen) atoms. The van der Waals surface area contributed by atoms with Crippen LogP contribution in [0.1, 0.15) is 36.2 Å². The second kappa shape index (κ2) is 6.13. The first-order valence-corrected chi connectivity index (χ1v) is 8.35. The molecule has 0 N–H and O–H groups in total. The third-order valence-corrected chi connectivity index (χ3v) is 4.39. The average molecular weight is 307 g/mol. The number of benzene rings is 1. The van der Waals surface area contributed by atoms with Crippen LogP contribution in [-0.4, -0.2) is 21.4 Å². The Bertz CT molecular complexity index is 791. The van der Waals surface area contributed by atoms with Crippen molar-refractivity contribution in [3.63, 3.8) is 0 Å². The van der Waals surface area contributed by atoms with Gasteiger partial charge in [-0.2, -0.15) is 0 Å². The van der Waals surface area contributed by atoms with Gasteiger partial charge in [0.2, 0.25) is 0 Å². The molecule has 118 valence electrons. The zero-order valence-corrected chi connectivity index (χ0v) is 13.5. The Morgan fingerprint density at radius 3 is 3.04 bits per heavy atom. The van der Waals surface area contributed by atoms with E-state index in [1.807, 2.05) is 24.4 Å². The van der Waals surface area contributed by atoms with Crippen molar-refractivity contribution in [2.45, 2.75) is 39.3 Å². The smallest absolute Gasteiger partial charge is 0.134 e. The molecule has 1 aliphatic rings. The summed E-state index contributed by atoms with van der Waals surface area (Å²) in [5.74, 6) is 2.01.